The van der Waals surface area contributed by atoms with Gasteiger partial charge in [0.25, 0.3) is 0 Å². The second kappa shape index (κ2) is 857. The maximum Gasteiger partial charge on any atom is 4.00 e. The first kappa shape index (κ1) is 1540. The summed E-state index contributed by atoms with van der Waals surface area (Å²) in [5.74, 6) is 0. The second-order valence-electron chi connectivity index (χ2n) is 0. The third-order valence-corrected chi connectivity index (χ3v) is 0. The third-order valence-electron chi connectivity index (χ3n) is 0. The summed E-state index contributed by atoms with van der Waals surface area (Å²) < 4.78 is 0. The molecule has 0 aromatic carbocycles. The molecule has 6 heavy (non-hydrogen) atoms. The van der Waals surface area contributed by atoms with Gasteiger partial charge in [-0.2, -0.15) is 0 Å². The molecule has 0 unspecified atom stereocenters. The van der Waals surface area contributed by atoms with Gasteiger partial charge in [-0.25, -0.2) is 0 Å². The fourth-order valence-electron chi connectivity index (χ4n) is 0. The van der Waals surface area contributed by atoms with Crippen molar-refractivity contribution in [3.05, 3.63) is 0 Å². The van der Waals surface area contributed by atoms with Crippen molar-refractivity contribution in [1.82, 2.24) is 0 Å². The minimum Gasteiger partial charge on any atom is -0.870 e. The predicted octanol–water partition coefficient (Wildman–Crippen LogP) is -1.91. The topological polar surface area (TPSA) is 152 Å². The minimum absolute atomic E-state index is 0. The normalized spacial score (nSPS) is 0. The maximum absolute atomic E-state index is 0. The van der Waals surface area contributed by atoms with Gasteiger partial charge >= 0.3 is 17.6 Å². The Balaban J connectivity index is 0. The summed E-state index contributed by atoms with van der Waals surface area (Å²) in [4.78, 5) is 0. The molecule has 0 bridgehead atoms. The minimum atomic E-state index is 0. The van der Waals surface area contributed by atoms with Crippen molar-refractivity contribution in [2.75, 3.05) is 0 Å². The number of hydrogen-bond acceptors (Lipinski definition) is 4. The Morgan fingerprint density at radius 3 is 0.500 bits per heavy atom. The molecule has 0 saturated heterocycles. The first-order valence-electron chi connectivity index (χ1n) is 0. The van der Waals surface area contributed by atoms with E-state index >= 15 is 0 Å². The van der Waals surface area contributed by atoms with Crippen LogP contribution in [0.25, 0.3) is 0 Å². The van der Waals surface area contributed by atoms with Crippen LogP contribution < -0.4 is 0 Å². The zero-order valence-corrected chi connectivity index (χ0v) is 4.89. The molecule has 0 rings (SSSR count). The molecule has 0 aromatic heterocycles. The second-order valence-corrected chi connectivity index (χ2v) is 0. The first-order chi connectivity index (χ1) is 0. The largest absolute Gasteiger partial charge is 4.00 e. The maximum atomic E-state index is 0. The molecule has 0 fully saturated rings. The average molecular weight is 159 g/mol. The van der Waals surface area contributed by atoms with E-state index in [1.165, 1.54) is 0 Å². The Morgan fingerprint density at radius 2 is 0.500 bits per heavy atom. The van der Waals surface area contributed by atoms with Crippen molar-refractivity contribution >= 4 is 17.6 Å². The van der Waals surface area contributed by atoms with Crippen LogP contribution in [-0.4, -0.2) is 45.0 Å². The van der Waals surface area contributed by atoms with Gasteiger partial charge in [-0.15, -0.1) is 0 Å². The predicted molar refractivity (Wildman–Crippen MR) is 17.1 cm³/mol. The molecular formula is H6GeO5. The van der Waals surface area contributed by atoms with E-state index in [0.717, 1.165) is 0 Å². The quantitative estimate of drug-likeness (QED) is 0.378. The van der Waals surface area contributed by atoms with Gasteiger partial charge in [0.15, 0.2) is 0 Å². The van der Waals surface area contributed by atoms with Gasteiger partial charge in [-0.05, 0) is 0 Å². The monoisotopic (exact) mass is 160 g/mol. The van der Waals surface area contributed by atoms with Crippen molar-refractivity contribution in [2.45, 2.75) is 0 Å². The average Bonchev–Trinajstić information content (AvgIpc) is 0. The molecule has 0 amide bonds. The summed E-state index contributed by atoms with van der Waals surface area (Å²) in [5, 5.41) is 0. The van der Waals surface area contributed by atoms with Crippen LogP contribution in [0, 0.1) is 0 Å². The molecule has 0 spiro atoms. The van der Waals surface area contributed by atoms with Gasteiger partial charge in [0, 0.05) is 0 Å². The number of hydrogen-bond donors (Lipinski definition) is 0. The van der Waals surface area contributed by atoms with Crippen LogP contribution in [0.15, 0.2) is 0 Å². The molecule has 0 atom stereocenters. The van der Waals surface area contributed by atoms with Gasteiger partial charge in [-0.1, -0.05) is 0 Å². The standard InChI is InChI=1S/Ge.5H2O/h;5*1H2/q+4;;;;;/p-4. The van der Waals surface area contributed by atoms with Gasteiger partial charge in [0.2, 0.25) is 0 Å². The van der Waals surface area contributed by atoms with E-state index in [0.29, 0.717) is 0 Å². The number of rotatable bonds is 0. The van der Waals surface area contributed by atoms with E-state index in [-0.39, 0.29) is 45.0 Å². The Kier molecular flexibility index (Phi) is 220000. The van der Waals surface area contributed by atoms with Crippen LogP contribution in [0.1, 0.15) is 0 Å². The van der Waals surface area contributed by atoms with Crippen molar-refractivity contribution in [1.29, 1.82) is 0 Å². The summed E-state index contributed by atoms with van der Waals surface area (Å²) in [6.45, 7) is 0. The molecule has 0 aromatic rings. The van der Waals surface area contributed by atoms with Crippen LogP contribution in [0.4, 0.5) is 0 Å². The van der Waals surface area contributed by atoms with Crippen molar-refractivity contribution in [3.63, 3.8) is 0 Å². The molecule has 0 radical (unpaired) electrons. The summed E-state index contributed by atoms with van der Waals surface area (Å²) in [6.07, 6.45) is 0. The fourth-order valence-corrected chi connectivity index (χ4v) is 0. The SMILES string of the molecule is O.[Ge+4].[OH-].[OH-].[OH-].[OH-]. The molecular weight excluding hydrogens is 153 g/mol. The zero-order chi connectivity index (χ0) is 0. The van der Waals surface area contributed by atoms with E-state index < -0.39 is 0 Å². The summed E-state index contributed by atoms with van der Waals surface area (Å²) in [7, 11) is 0. The Morgan fingerprint density at radius 1 is 0.500 bits per heavy atom. The molecule has 40 valence electrons. The van der Waals surface area contributed by atoms with Crippen LogP contribution >= 0.6 is 0 Å². The zero-order valence-electron chi connectivity index (χ0n) is 2.79. The molecule has 0 saturated carbocycles. The van der Waals surface area contributed by atoms with Crippen LogP contribution in [0.3, 0.4) is 0 Å². The molecule has 5 nitrogen and oxygen atoms in total. The van der Waals surface area contributed by atoms with E-state index in [4.69, 9.17) is 0 Å². The fraction of sp³-hybridized carbons (Fsp3) is 0. The van der Waals surface area contributed by atoms with E-state index in [1.54, 1.807) is 0 Å². The third kappa shape index (κ3) is 413. The van der Waals surface area contributed by atoms with Crippen LogP contribution in [0.2, 0.25) is 0 Å². The van der Waals surface area contributed by atoms with E-state index in [9.17, 15) is 0 Å². The van der Waals surface area contributed by atoms with Gasteiger partial charge in [0.1, 0.15) is 0 Å². The Labute approximate surface area is 45.9 Å². The smallest absolute Gasteiger partial charge is 0.870 e. The van der Waals surface area contributed by atoms with Gasteiger partial charge in [0.05, 0.1) is 0 Å². The molecule has 6 N–H and O–H groups in total. The molecule has 0 heterocycles. The molecule has 6 heteroatoms. The van der Waals surface area contributed by atoms with Gasteiger partial charge in [-0.3, -0.25) is 0 Å². The summed E-state index contributed by atoms with van der Waals surface area (Å²) in [5.41, 5.74) is 0. The van der Waals surface area contributed by atoms with Crippen molar-refractivity contribution in [2.24, 2.45) is 0 Å². The Bertz CT molecular complexity index is 3.90. The molecule has 0 aliphatic carbocycles. The van der Waals surface area contributed by atoms with E-state index in [1.807, 2.05) is 0 Å². The first-order valence-corrected chi connectivity index (χ1v) is 0. The Hall–Kier alpha value is 0.343. The van der Waals surface area contributed by atoms with E-state index in [2.05, 4.69) is 0 Å². The van der Waals surface area contributed by atoms with Crippen molar-refractivity contribution < 1.29 is 27.4 Å². The van der Waals surface area contributed by atoms with Crippen LogP contribution in [-0.2, 0) is 0 Å². The molecule has 0 aliphatic rings. The van der Waals surface area contributed by atoms with Crippen LogP contribution in [0.5, 0.6) is 0 Å². The summed E-state index contributed by atoms with van der Waals surface area (Å²) in [6, 6.07) is 0. The molecule has 0 aliphatic heterocycles. The summed E-state index contributed by atoms with van der Waals surface area (Å²) >= 11 is 0. The van der Waals surface area contributed by atoms with Crippen molar-refractivity contribution in [3.8, 4) is 0 Å². The van der Waals surface area contributed by atoms with Gasteiger partial charge < -0.3 is 27.4 Å².